The fraction of sp³-hybridized carbons (Fsp3) is 0.571. The fourth-order valence-corrected chi connectivity index (χ4v) is 2.78. The van der Waals surface area contributed by atoms with E-state index >= 15 is 0 Å². The first-order valence-electron chi connectivity index (χ1n) is 6.81. The van der Waals surface area contributed by atoms with E-state index in [4.69, 9.17) is 4.74 Å². The lowest BCUT2D eigenvalue weighted by Crippen LogP contribution is -2.33. The summed E-state index contributed by atoms with van der Waals surface area (Å²) in [6.07, 6.45) is 3.16. The monoisotopic (exact) mass is 280 g/mol. The van der Waals surface area contributed by atoms with Gasteiger partial charge in [-0.3, -0.25) is 10.1 Å². The van der Waals surface area contributed by atoms with Gasteiger partial charge in [-0.05, 0) is 24.8 Å². The quantitative estimate of drug-likeness (QED) is 0.613. The molecule has 1 aromatic carbocycles. The van der Waals surface area contributed by atoms with Crippen LogP contribution in [-0.2, 0) is 6.54 Å². The van der Waals surface area contributed by atoms with Crippen molar-refractivity contribution in [2.75, 3.05) is 13.7 Å². The van der Waals surface area contributed by atoms with Crippen LogP contribution < -0.4 is 10.1 Å². The highest BCUT2D eigenvalue weighted by atomic mass is 16.6. The van der Waals surface area contributed by atoms with E-state index < -0.39 is 4.92 Å². The lowest BCUT2D eigenvalue weighted by Gasteiger charge is -2.19. The van der Waals surface area contributed by atoms with E-state index in [9.17, 15) is 15.2 Å². The molecule has 6 nitrogen and oxygen atoms in total. The summed E-state index contributed by atoms with van der Waals surface area (Å²) in [6.45, 7) is 0.690. The van der Waals surface area contributed by atoms with Gasteiger partial charge in [-0.25, -0.2) is 0 Å². The number of nitro benzene ring substituents is 1. The van der Waals surface area contributed by atoms with Crippen molar-refractivity contribution in [1.29, 1.82) is 0 Å². The maximum Gasteiger partial charge on any atom is 0.270 e. The van der Waals surface area contributed by atoms with Crippen molar-refractivity contribution in [1.82, 2.24) is 5.32 Å². The van der Waals surface area contributed by atoms with Crippen molar-refractivity contribution in [3.05, 3.63) is 33.9 Å². The molecule has 2 N–H and O–H groups in total. The molecule has 2 unspecified atom stereocenters. The molecule has 0 amide bonds. The summed E-state index contributed by atoms with van der Waals surface area (Å²) in [4.78, 5) is 10.4. The molecule has 110 valence electrons. The Kier molecular flexibility index (Phi) is 4.92. The van der Waals surface area contributed by atoms with Crippen molar-refractivity contribution in [3.63, 3.8) is 0 Å². The van der Waals surface area contributed by atoms with Gasteiger partial charge in [-0.2, -0.15) is 0 Å². The summed E-state index contributed by atoms with van der Waals surface area (Å²) >= 11 is 0. The Labute approximate surface area is 117 Å². The van der Waals surface area contributed by atoms with Gasteiger partial charge < -0.3 is 15.2 Å². The molecular formula is C14H20N2O4. The van der Waals surface area contributed by atoms with Gasteiger partial charge in [0.25, 0.3) is 5.69 Å². The number of nitrogens with zero attached hydrogens (tertiary/aromatic N) is 1. The molecule has 1 aromatic rings. The second-order valence-corrected chi connectivity index (χ2v) is 5.11. The maximum absolute atomic E-state index is 10.8. The van der Waals surface area contributed by atoms with Gasteiger partial charge in [0.05, 0.1) is 12.0 Å². The minimum Gasteiger partial charge on any atom is -0.496 e. The Hall–Kier alpha value is -1.66. The highest BCUT2D eigenvalue weighted by molar-refractivity contribution is 5.43. The Morgan fingerprint density at radius 1 is 1.50 bits per heavy atom. The Bertz CT molecular complexity index is 478. The van der Waals surface area contributed by atoms with Crippen LogP contribution in [0.1, 0.15) is 24.8 Å². The number of nitro groups is 1. The van der Waals surface area contributed by atoms with Crippen molar-refractivity contribution >= 4 is 5.69 Å². The number of non-ortho nitro benzene ring substituents is 1. The minimum absolute atomic E-state index is 0.0627. The van der Waals surface area contributed by atoms with Gasteiger partial charge in [0.1, 0.15) is 5.75 Å². The second kappa shape index (κ2) is 6.67. The van der Waals surface area contributed by atoms with E-state index in [2.05, 4.69) is 5.32 Å². The van der Waals surface area contributed by atoms with Crippen LogP contribution in [-0.4, -0.2) is 29.8 Å². The van der Waals surface area contributed by atoms with E-state index in [-0.39, 0.29) is 24.3 Å². The standard InChI is InChI=1S/C14H20N2O4/c1-20-14-6-5-12(16(18)19)7-11(14)8-15-13-4-2-3-10(13)9-17/h5-7,10,13,15,17H,2-4,8-9H2,1H3. The van der Waals surface area contributed by atoms with Crippen molar-refractivity contribution in [3.8, 4) is 5.75 Å². The number of ether oxygens (including phenoxy) is 1. The van der Waals surface area contributed by atoms with Crippen LogP contribution in [0.3, 0.4) is 0 Å². The lowest BCUT2D eigenvalue weighted by atomic mass is 10.0. The number of aliphatic hydroxyl groups is 1. The molecule has 2 rings (SSSR count). The third-order valence-corrected chi connectivity index (χ3v) is 3.92. The molecule has 20 heavy (non-hydrogen) atoms. The predicted molar refractivity (Wildman–Crippen MR) is 74.7 cm³/mol. The number of nitrogens with one attached hydrogen (secondary N) is 1. The molecule has 6 heteroatoms. The first-order valence-corrected chi connectivity index (χ1v) is 6.81. The van der Waals surface area contributed by atoms with E-state index in [1.165, 1.54) is 12.1 Å². The normalized spacial score (nSPS) is 21.9. The third kappa shape index (κ3) is 3.26. The largest absolute Gasteiger partial charge is 0.496 e. The first-order chi connectivity index (χ1) is 9.65. The number of benzene rings is 1. The van der Waals surface area contributed by atoms with Crippen LogP contribution in [0.25, 0.3) is 0 Å². The molecule has 0 heterocycles. The third-order valence-electron chi connectivity index (χ3n) is 3.92. The lowest BCUT2D eigenvalue weighted by molar-refractivity contribution is -0.384. The van der Waals surface area contributed by atoms with Crippen molar-refractivity contribution in [2.45, 2.75) is 31.8 Å². The number of methoxy groups -OCH3 is 1. The number of aliphatic hydroxyl groups excluding tert-OH is 1. The molecule has 0 saturated heterocycles. The highest BCUT2D eigenvalue weighted by Gasteiger charge is 2.26. The molecule has 1 fully saturated rings. The first kappa shape index (κ1) is 14.7. The van der Waals surface area contributed by atoms with Gasteiger partial charge in [-0.1, -0.05) is 6.42 Å². The van der Waals surface area contributed by atoms with Gasteiger partial charge in [0.15, 0.2) is 0 Å². The molecule has 0 aromatic heterocycles. The summed E-state index contributed by atoms with van der Waals surface area (Å²) < 4.78 is 5.24. The average Bonchev–Trinajstić information content (AvgIpc) is 2.92. The minimum atomic E-state index is -0.408. The van der Waals surface area contributed by atoms with Gasteiger partial charge in [0, 0.05) is 36.9 Å². The van der Waals surface area contributed by atoms with Crippen LogP contribution >= 0.6 is 0 Å². The zero-order chi connectivity index (χ0) is 14.5. The molecule has 0 bridgehead atoms. The molecule has 2 atom stereocenters. The highest BCUT2D eigenvalue weighted by Crippen LogP contribution is 2.27. The van der Waals surface area contributed by atoms with Crippen molar-refractivity contribution in [2.24, 2.45) is 5.92 Å². The molecule has 1 aliphatic carbocycles. The predicted octanol–water partition coefficient (Wildman–Crippen LogP) is 1.85. The summed E-state index contributed by atoms with van der Waals surface area (Å²) in [7, 11) is 1.55. The van der Waals surface area contributed by atoms with E-state index in [0.717, 1.165) is 24.8 Å². The van der Waals surface area contributed by atoms with E-state index in [1.54, 1.807) is 13.2 Å². The Morgan fingerprint density at radius 2 is 2.30 bits per heavy atom. The summed E-state index contributed by atoms with van der Waals surface area (Å²) in [6, 6.07) is 4.86. The molecular weight excluding hydrogens is 260 g/mol. The molecule has 0 spiro atoms. The summed E-state index contributed by atoms with van der Waals surface area (Å²) in [5.41, 5.74) is 0.831. The SMILES string of the molecule is COc1ccc([N+](=O)[O-])cc1CNC1CCCC1CO. The van der Waals surface area contributed by atoms with E-state index in [1.807, 2.05) is 0 Å². The van der Waals surface area contributed by atoms with Gasteiger partial charge in [-0.15, -0.1) is 0 Å². The zero-order valence-corrected chi connectivity index (χ0v) is 11.5. The Balaban J connectivity index is 2.07. The van der Waals surface area contributed by atoms with Crippen LogP contribution in [0.5, 0.6) is 5.75 Å². The molecule has 0 radical (unpaired) electrons. The Morgan fingerprint density at radius 3 is 2.95 bits per heavy atom. The molecule has 0 aliphatic heterocycles. The van der Waals surface area contributed by atoms with Crippen LogP contribution in [0.4, 0.5) is 5.69 Å². The smallest absolute Gasteiger partial charge is 0.270 e. The number of rotatable bonds is 6. The van der Waals surface area contributed by atoms with Gasteiger partial charge in [0.2, 0.25) is 0 Å². The van der Waals surface area contributed by atoms with Crippen LogP contribution in [0.15, 0.2) is 18.2 Å². The zero-order valence-electron chi connectivity index (χ0n) is 11.5. The van der Waals surface area contributed by atoms with Gasteiger partial charge >= 0.3 is 0 Å². The average molecular weight is 280 g/mol. The molecule has 1 saturated carbocycles. The maximum atomic E-state index is 10.8. The second-order valence-electron chi connectivity index (χ2n) is 5.11. The van der Waals surface area contributed by atoms with E-state index in [0.29, 0.717) is 12.3 Å². The summed E-state index contributed by atoms with van der Waals surface area (Å²) in [5, 5.41) is 23.5. The number of hydrogen-bond donors (Lipinski definition) is 2. The van der Waals surface area contributed by atoms with Crippen LogP contribution in [0.2, 0.25) is 0 Å². The topological polar surface area (TPSA) is 84.6 Å². The number of hydrogen-bond acceptors (Lipinski definition) is 5. The van der Waals surface area contributed by atoms with Crippen LogP contribution in [0, 0.1) is 16.0 Å². The van der Waals surface area contributed by atoms with Crippen molar-refractivity contribution < 1.29 is 14.8 Å². The summed E-state index contributed by atoms with van der Waals surface area (Å²) in [5.74, 6) is 0.918. The fourth-order valence-electron chi connectivity index (χ4n) is 2.78. The molecule has 1 aliphatic rings.